The van der Waals surface area contributed by atoms with Crippen LogP contribution in [-0.4, -0.2) is 53.8 Å². The van der Waals surface area contributed by atoms with Gasteiger partial charge < -0.3 is 20.4 Å². The SMILES string of the molecule is COCCNC(N)=NCCCc1nnc(SC)n1CC(C)C.I. The van der Waals surface area contributed by atoms with Gasteiger partial charge in [-0.05, 0) is 18.6 Å². The van der Waals surface area contributed by atoms with Crippen molar-refractivity contribution in [3.63, 3.8) is 0 Å². The van der Waals surface area contributed by atoms with Crippen molar-refractivity contribution >= 4 is 41.7 Å². The number of halogens is 1. The fourth-order valence-corrected chi connectivity index (χ4v) is 2.50. The van der Waals surface area contributed by atoms with Gasteiger partial charge in [-0.25, -0.2) is 0 Å². The number of ether oxygens (including phenoxy) is 1. The van der Waals surface area contributed by atoms with E-state index in [4.69, 9.17) is 10.5 Å². The van der Waals surface area contributed by atoms with E-state index in [-0.39, 0.29) is 24.0 Å². The molecule has 0 aromatic carbocycles. The van der Waals surface area contributed by atoms with E-state index in [0.29, 0.717) is 31.6 Å². The van der Waals surface area contributed by atoms with Gasteiger partial charge in [0.15, 0.2) is 11.1 Å². The topological polar surface area (TPSA) is 90.3 Å². The van der Waals surface area contributed by atoms with Crippen molar-refractivity contribution < 1.29 is 4.74 Å². The van der Waals surface area contributed by atoms with E-state index < -0.39 is 0 Å². The summed E-state index contributed by atoms with van der Waals surface area (Å²) >= 11 is 1.63. The van der Waals surface area contributed by atoms with Crippen LogP contribution in [0.5, 0.6) is 0 Å². The number of thioether (sulfide) groups is 1. The third kappa shape index (κ3) is 8.75. The second kappa shape index (κ2) is 12.8. The Morgan fingerprint density at radius 2 is 2.17 bits per heavy atom. The van der Waals surface area contributed by atoms with Gasteiger partial charge in [0.1, 0.15) is 5.82 Å². The molecule has 0 saturated heterocycles. The highest BCUT2D eigenvalue weighted by Gasteiger charge is 2.12. The first-order valence-electron chi connectivity index (χ1n) is 7.57. The summed E-state index contributed by atoms with van der Waals surface area (Å²) in [6.45, 7) is 7.31. The Morgan fingerprint density at radius 1 is 1.43 bits per heavy atom. The first-order chi connectivity index (χ1) is 10.6. The zero-order valence-electron chi connectivity index (χ0n) is 14.4. The molecule has 3 N–H and O–H groups in total. The van der Waals surface area contributed by atoms with Gasteiger partial charge in [-0.15, -0.1) is 34.2 Å². The molecule has 7 nitrogen and oxygen atoms in total. The van der Waals surface area contributed by atoms with Gasteiger partial charge in [0, 0.05) is 33.2 Å². The van der Waals surface area contributed by atoms with Crippen molar-refractivity contribution in [2.24, 2.45) is 16.6 Å². The molecule has 1 aromatic rings. The number of methoxy groups -OCH3 is 1. The van der Waals surface area contributed by atoms with Gasteiger partial charge in [0.05, 0.1) is 6.61 Å². The maximum atomic E-state index is 5.76. The van der Waals surface area contributed by atoms with Crippen molar-refractivity contribution in [3.05, 3.63) is 5.82 Å². The molecular formula is C14H29IN6OS. The minimum absolute atomic E-state index is 0. The average molecular weight is 456 g/mol. The van der Waals surface area contributed by atoms with Crippen LogP contribution in [0.2, 0.25) is 0 Å². The Morgan fingerprint density at radius 3 is 2.78 bits per heavy atom. The Hall–Kier alpha value is -0.550. The standard InChI is InChI=1S/C14H28N6OS.HI/c1-11(2)10-20-12(18-19-14(20)22-4)6-5-7-16-13(15)17-8-9-21-3;/h11H,5-10H2,1-4H3,(H3,15,16,17);1H. The van der Waals surface area contributed by atoms with Crippen molar-refractivity contribution in [3.8, 4) is 0 Å². The molecule has 0 bridgehead atoms. The van der Waals surface area contributed by atoms with E-state index in [9.17, 15) is 0 Å². The molecule has 0 saturated carbocycles. The monoisotopic (exact) mass is 456 g/mol. The van der Waals surface area contributed by atoms with Gasteiger partial charge >= 0.3 is 0 Å². The summed E-state index contributed by atoms with van der Waals surface area (Å²) in [5, 5.41) is 12.5. The third-order valence-corrected chi connectivity index (χ3v) is 3.64. The molecular weight excluding hydrogens is 427 g/mol. The molecule has 0 aliphatic carbocycles. The molecule has 0 fully saturated rings. The summed E-state index contributed by atoms with van der Waals surface area (Å²) < 4.78 is 7.15. The number of hydrogen-bond acceptors (Lipinski definition) is 5. The zero-order chi connectivity index (χ0) is 16.4. The maximum absolute atomic E-state index is 5.76. The van der Waals surface area contributed by atoms with Crippen LogP contribution in [0.15, 0.2) is 10.1 Å². The lowest BCUT2D eigenvalue weighted by Gasteiger charge is -2.11. The van der Waals surface area contributed by atoms with Crippen LogP contribution in [-0.2, 0) is 17.7 Å². The molecule has 0 aliphatic heterocycles. The van der Waals surface area contributed by atoms with E-state index in [1.807, 2.05) is 6.26 Å². The Bertz CT molecular complexity index is 466. The molecule has 1 rings (SSSR count). The molecule has 1 aromatic heterocycles. The number of aromatic nitrogens is 3. The van der Waals surface area contributed by atoms with Crippen molar-refractivity contribution in [2.75, 3.05) is 33.1 Å². The van der Waals surface area contributed by atoms with Crippen LogP contribution < -0.4 is 11.1 Å². The van der Waals surface area contributed by atoms with Gasteiger partial charge in [-0.2, -0.15) is 0 Å². The van der Waals surface area contributed by atoms with Crippen LogP contribution in [0.1, 0.15) is 26.1 Å². The number of aryl methyl sites for hydroxylation is 1. The highest BCUT2D eigenvalue weighted by atomic mass is 127. The number of nitrogens with zero attached hydrogens (tertiary/aromatic N) is 4. The number of rotatable bonds is 10. The van der Waals surface area contributed by atoms with Crippen LogP contribution in [0, 0.1) is 5.92 Å². The van der Waals surface area contributed by atoms with Crippen LogP contribution in [0.4, 0.5) is 0 Å². The molecule has 0 unspecified atom stereocenters. The molecule has 0 radical (unpaired) electrons. The summed E-state index contributed by atoms with van der Waals surface area (Å²) in [6.07, 6.45) is 3.79. The van der Waals surface area contributed by atoms with Crippen molar-refractivity contribution in [1.82, 2.24) is 20.1 Å². The molecule has 0 aliphatic rings. The molecule has 1 heterocycles. The molecule has 9 heteroatoms. The average Bonchev–Trinajstić information content (AvgIpc) is 2.85. The van der Waals surface area contributed by atoms with Crippen LogP contribution >= 0.6 is 35.7 Å². The van der Waals surface area contributed by atoms with E-state index in [0.717, 1.165) is 30.4 Å². The predicted molar refractivity (Wildman–Crippen MR) is 107 cm³/mol. The number of guanidine groups is 1. The summed E-state index contributed by atoms with van der Waals surface area (Å²) in [7, 11) is 1.66. The van der Waals surface area contributed by atoms with E-state index >= 15 is 0 Å². The largest absolute Gasteiger partial charge is 0.383 e. The van der Waals surface area contributed by atoms with Gasteiger partial charge in [-0.3, -0.25) is 4.99 Å². The Kier molecular flexibility index (Phi) is 12.5. The molecule has 134 valence electrons. The lowest BCUT2D eigenvalue weighted by Crippen LogP contribution is -2.34. The predicted octanol–water partition coefficient (Wildman–Crippen LogP) is 1.76. The Labute approximate surface area is 160 Å². The van der Waals surface area contributed by atoms with E-state index in [2.05, 4.69) is 38.9 Å². The van der Waals surface area contributed by atoms with Crippen molar-refractivity contribution in [2.45, 2.75) is 38.4 Å². The molecule has 0 spiro atoms. The maximum Gasteiger partial charge on any atom is 0.190 e. The van der Waals surface area contributed by atoms with Crippen LogP contribution in [0.3, 0.4) is 0 Å². The summed E-state index contributed by atoms with van der Waals surface area (Å²) in [6, 6.07) is 0. The number of aliphatic imine (C=N–C) groups is 1. The third-order valence-electron chi connectivity index (χ3n) is 2.98. The first-order valence-corrected chi connectivity index (χ1v) is 8.79. The van der Waals surface area contributed by atoms with Gasteiger partial charge in [-0.1, -0.05) is 25.6 Å². The van der Waals surface area contributed by atoms with E-state index in [1.165, 1.54) is 0 Å². The lowest BCUT2D eigenvalue weighted by atomic mass is 10.2. The fourth-order valence-electron chi connectivity index (χ4n) is 1.98. The van der Waals surface area contributed by atoms with Gasteiger partial charge in [0.25, 0.3) is 0 Å². The summed E-state index contributed by atoms with van der Waals surface area (Å²) in [5.41, 5.74) is 5.76. The number of hydrogen-bond donors (Lipinski definition) is 2. The quantitative estimate of drug-likeness (QED) is 0.183. The van der Waals surface area contributed by atoms with Crippen LogP contribution in [0.25, 0.3) is 0 Å². The highest BCUT2D eigenvalue weighted by molar-refractivity contribution is 14.0. The molecule has 0 amide bonds. The summed E-state index contributed by atoms with van der Waals surface area (Å²) in [5.74, 6) is 2.06. The molecule has 23 heavy (non-hydrogen) atoms. The normalized spacial score (nSPS) is 11.6. The number of nitrogens with two attached hydrogens (primary N) is 1. The highest BCUT2D eigenvalue weighted by Crippen LogP contribution is 2.16. The molecule has 0 atom stereocenters. The second-order valence-corrected chi connectivity index (χ2v) is 6.17. The fraction of sp³-hybridized carbons (Fsp3) is 0.786. The lowest BCUT2D eigenvalue weighted by molar-refractivity contribution is 0.204. The van der Waals surface area contributed by atoms with E-state index in [1.54, 1.807) is 18.9 Å². The number of nitrogens with one attached hydrogen (secondary N) is 1. The Balaban J connectivity index is 0.00000484. The van der Waals surface area contributed by atoms with Crippen molar-refractivity contribution in [1.29, 1.82) is 0 Å². The first kappa shape index (κ1) is 22.4. The zero-order valence-corrected chi connectivity index (χ0v) is 17.6. The summed E-state index contributed by atoms with van der Waals surface area (Å²) in [4.78, 5) is 4.29. The van der Waals surface area contributed by atoms with Gasteiger partial charge in [0.2, 0.25) is 0 Å². The second-order valence-electron chi connectivity index (χ2n) is 5.40. The minimum Gasteiger partial charge on any atom is -0.383 e. The smallest absolute Gasteiger partial charge is 0.190 e. The minimum atomic E-state index is 0.